The van der Waals surface area contributed by atoms with Gasteiger partial charge >= 0.3 is 0 Å². The molecular weight excluding hydrogens is 432 g/mol. The van der Waals surface area contributed by atoms with Crippen LogP contribution in [0.2, 0.25) is 0 Å². The maximum Gasteiger partial charge on any atom is 0.168 e. The van der Waals surface area contributed by atoms with E-state index in [1.807, 2.05) is 35.6 Å². The van der Waals surface area contributed by atoms with E-state index in [1.54, 1.807) is 11.8 Å². The van der Waals surface area contributed by atoms with E-state index in [1.165, 1.54) is 40.8 Å². The van der Waals surface area contributed by atoms with Gasteiger partial charge in [0.15, 0.2) is 15.8 Å². The van der Waals surface area contributed by atoms with Crippen LogP contribution < -0.4 is 0 Å². The minimum Gasteiger partial charge on any atom is -0.275 e. The summed E-state index contributed by atoms with van der Waals surface area (Å²) in [6, 6.07) is 21.1. The average Bonchev–Trinajstić information content (AvgIpc) is 3.75. The second kappa shape index (κ2) is 7.42. The molecule has 0 N–H and O–H groups in total. The summed E-state index contributed by atoms with van der Waals surface area (Å²) in [6.45, 7) is 0. The Morgan fingerprint density at radius 3 is 2.50 bits per heavy atom. The molecule has 0 atom stereocenters. The van der Waals surface area contributed by atoms with E-state index in [-0.39, 0.29) is 0 Å². The lowest BCUT2D eigenvalue weighted by atomic mass is 9.97. The number of nitrogens with zero attached hydrogens (tertiary/aromatic N) is 4. The van der Waals surface area contributed by atoms with Crippen molar-refractivity contribution < 1.29 is 0 Å². The van der Waals surface area contributed by atoms with Crippen LogP contribution in [-0.2, 0) is 0 Å². The van der Waals surface area contributed by atoms with E-state index in [0.29, 0.717) is 0 Å². The van der Waals surface area contributed by atoms with E-state index >= 15 is 0 Å². The standard InChI is InChI=1S/C26H22N4S2/c1-2-4-18(5-3-1)25-29-28-23-13-10-19-14-20(11-12-21(19)30(23)25)31-26-27-15-22(32-26)24(16-6-7-16)17-8-9-17/h1-5,10-17,24H,6-9H2. The van der Waals surface area contributed by atoms with Crippen molar-refractivity contribution in [3.8, 4) is 11.4 Å². The number of thiazole rings is 1. The van der Waals surface area contributed by atoms with Gasteiger partial charge in [-0.1, -0.05) is 42.1 Å². The average molecular weight is 455 g/mol. The van der Waals surface area contributed by atoms with Crippen molar-refractivity contribution in [2.24, 2.45) is 11.8 Å². The van der Waals surface area contributed by atoms with E-state index in [0.717, 1.165) is 44.6 Å². The number of hydrogen-bond donors (Lipinski definition) is 0. The van der Waals surface area contributed by atoms with Crippen molar-refractivity contribution in [1.82, 2.24) is 19.6 Å². The van der Waals surface area contributed by atoms with E-state index in [9.17, 15) is 0 Å². The van der Waals surface area contributed by atoms with E-state index < -0.39 is 0 Å². The molecule has 3 aromatic heterocycles. The van der Waals surface area contributed by atoms with Crippen LogP contribution in [0.25, 0.3) is 27.9 Å². The van der Waals surface area contributed by atoms with Crippen molar-refractivity contribution in [3.63, 3.8) is 0 Å². The molecular formula is C26H22N4S2. The summed E-state index contributed by atoms with van der Waals surface area (Å²) in [5.41, 5.74) is 3.06. The third-order valence-corrected chi connectivity index (χ3v) is 8.83. The molecule has 2 aliphatic carbocycles. The third-order valence-electron chi connectivity index (χ3n) is 6.67. The molecule has 0 radical (unpaired) electrons. The molecule has 158 valence electrons. The second-order valence-corrected chi connectivity index (χ2v) is 11.4. The Morgan fingerprint density at radius 1 is 0.906 bits per heavy atom. The van der Waals surface area contributed by atoms with Crippen LogP contribution in [0.4, 0.5) is 0 Å². The van der Waals surface area contributed by atoms with Crippen LogP contribution in [-0.4, -0.2) is 19.6 Å². The fourth-order valence-electron chi connectivity index (χ4n) is 4.85. The molecule has 2 aromatic carbocycles. The van der Waals surface area contributed by atoms with Crippen molar-refractivity contribution in [3.05, 3.63) is 71.7 Å². The predicted molar refractivity (Wildman–Crippen MR) is 130 cm³/mol. The molecule has 0 saturated heterocycles. The molecule has 7 rings (SSSR count). The Kier molecular flexibility index (Phi) is 4.37. The number of rotatable bonds is 6. The number of hydrogen-bond acceptors (Lipinski definition) is 5. The number of aromatic nitrogens is 4. The monoisotopic (exact) mass is 454 g/mol. The first-order chi connectivity index (χ1) is 15.8. The van der Waals surface area contributed by atoms with Gasteiger partial charge in [-0.15, -0.1) is 21.5 Å². The second-order valence-electron chi connectivity index (χ2n) is 8.97. The summed E-state index contributed by atoms with van der Waals surface area (Å²) in [5, 5.41) is 10.0. The Bertz CT molecular complexity index is 1420. The smallest absolute Gasteiger partial charge is 0.168 e. The van der Waals surface area contributed by atoms with Gasteiger partial charge in [0, 0.05) is 27.5 Å². The van der Waals surface area contributed by atoms with Crippen molar-refractivity contribution in [1.29, 1.82) is 0 Å². The molecule has 5 aromatic rings. The molecule has 32 heavy (non-hydrogen) atoms. The van der Waals surface area contributed by atoms with Gasteiger partial charge in [0.05, 0.1) is 5.52 Å². The molecule has 0 bridgehead atoms. The summed E-state index contributed by atoms with van der Waals surface area (Å²) in [4.78, 5) is 7.52. The van der Waals surface area contributed by atoms with Crippen LogP contribution in [0.3, 0.4) is 0 Å². The minimum absolute atomic E-state index is 0.775. The van der Waals surface area contributed by atoms with Gasteiger partial charge in [0.2, 0.25) is 0 Å². The van der Waals surface area contributed by atoms with Gasteiger partial charge < -0.3 is 0 Å². The molecule has 0 unspecified atom stereocenters. The molecule has 3 heterocycles. The first-order valence-corrected chi connectivity index (χ1v) is 12.9. The highest BCUT2D eigenvalue weighted by Gasteiger charge is 2.43. The summed E-state index contributed by atoms with van der Waals surface area (Å²) in [7, 11) is 0. The summed E-state index contributed by atoms with van der Waals surface area (Å²) in [6.07, 6.45) is 7.80. The van der Waals surface area contributed by atoms with Crippen LogP contribution in [0.1, 0.15) is 36.5 Å². The van der Waals surface area contributed by atoms with Gasteiger partial charge in [-0.25, -0.2) is 4.98 Å². The third kappa shape index (κ3) is 3.33. The number of benzene rings is 2. The van der Waals surface area contributed by atoms with Crippen molar-refractivity contribution in [2.45, 2.75) is 40.8 Å². The Balaban J connectivity index is 1.22. The summed E-state index contributed by atoms with van der Waals surface area (Å²) < 4.78 is 3.30. The normalized spacial score (nSPS) is 16.4. The van der Waals surface area contributed by atoms with Crippen molar-refractivity contribution in [2.75, 3.05) is 0 Å². The molecule has 0 amide bonds. The zero-order valence-electron chi connectivity index (χ0n) is 17.5. The van der Waals surface area contributed by atoms with Crippen LogP contribution in [0.15, 0.2) is 76.1 Å². The molecule has 0 spiro atoms. The molecule has 2 fully saturated rings. The number of fused-ring (bicyclic) bond motifs is 3. The summed E-state index contributed by atoms with van der Waals surface area (Å²) >= 11 is 3.69. The highest BCUT2D eigenvalue weighted by Crippen LogP contribution is 2.56. The lowest BCUT2D eigenvalue weighted by Gasteiger charge is -2.11. The molecule has 2 aliphatic rings. The highest BCUT2D eigenvalue weighted by atomic mass is 32.2. The van der Waals surface area contributed by atoms with E-state index in [2.05, 4.69) is 57.2 Å². The molecule has 4 nitrogen and oxygen atoms in total. The summed E-state index contributed by atoms with van der Waals surface area (Å²) in [5.74, 6) is 3.50. The van der Waals surface area contributed by atoms with Crippen molar-refractivity contribution >= 4 is 39.6 Å². The Labute approximate surface area is 194 Å². The molecule has 2 saturated carbocycles. The van der Waals surface area contributed by atoms with Gasteiger partial charge in [-0.2, -0.15) is 0 Å². The van der Waals surface area contributed by atoms with Gasteiger partial charge in [-0.3, -0.25) is 4.40 Å². The van der Waals surface area contributed by atoms with E-state index in [4.69, 9.17) is 4.98 Å². The maximum atomic E-state index is 4.78. The first kappa shape index (κ1) is 18.8. The topological polar surface area (TPSA) is 43.1 Å². The van der Waals surface area contributed by atoms with Crippen LogP contribution in [0.5, 0.6) is 0 Å². The van der Waals surface area contributed by atoms with Gasteiger partial charge in [-0.05, 0) is 73.2 Å². The maximum absolute atomic E-state index is 4.78. The number of pyridine rings is 1. The van der Waals surface area contributed by atoms with Gasteiger partial charge in [0.1, 0.15) is 0 Å². The van der Waals surface area contributed by atoms with Crippen LogP contribution >= 0.6 is 23.1 Å². The highest BCUT2D eigenvalue weighted by molar-refractivity contribution is 8.01. The fourth-order valence-corrected chi connectivity index (χ4v) is 7.15. The quantitative estimate of drug-likeness (QED) is 0.275. The Morgan fingerprint density at radius 2 is 1.72 bits per heavy atom. The van der Waals surface area contributed by atoms with Gasteiger partial charge in [0.25, 0.3) is 0 Å². The van der Waals surface area contributed by atoms with Crippen LogP contribution in [0, 0.1) is 11.8 Å². The Hall–Kier alpha value is -2.70. The molecule has 6 heteroatoms. The first-order valence-electron chi connectivity index (χ1n) is 11.3. The fraction of sp³-hybridized carbons (Fsp3) is 0.269. The predicted octanol–water partition coefficient (Wildman–Crippen LogP) is 7.06. The molecule has 0 aliphatic heterocycles. The zero-order valence-corrected chi connectivity index (χ0v) is 19.1. The largest absolute Gasteiger partial charge is 0.275 e. The lowest BCUT2D eigenvalue weighted by molar-refractivity contribution is 0.546. The minimum atomic E-state index is 0.775. The lowest BCUT2D eigenvalue weighted by Crippen LogP contribution is -2.00. The zero-order chi connectivity index (χ0) is 21.1. The SMILES string of the molecule is c1ccc(-c2nnc3ccc4cc(Sc5ncc(C(C6CC6)C6CC6)s5)ccc4n23)cc1.